The lowest BCUT2D eigenvalue weighted by Crippen LogP contribution is -2.26. The number of ether oxygens (including phenoxy) is 2. The molecule has 0 aromatic heterocycles. The van der Waals surface area contributed by atoms with Crippen LogP contribution in [0.4, 0.5) is 17.1 Å². The standard InChI is InChI=1S/C33H38N2O3/c1-5-12-29(6-2)34(23-25-37-7-3)31-19-15-27(16-20-31)33(36)28-17-21-32(22-18-28)35(24-26-38-8-4)30-13-10-9-11-14-30/h5-6,9-22H,1-2,7-8,23-26H2,3-4H3/b29-12+. The van der Waals surface area contributed by atoms with Crippen LogP contribution in [0.2, 0.25) is 0 Å². The molecule has 5 nitrogen and oxygen atoms in total. The average molecular weight is 511 g/mol. The number of para-hydroxylation sites is 1. The molecule has 0 heterocycles. The number of nitrogens with zero attached hydrogens (tertiary/aromatic N) is 2. The van der Waals surface area contributed by atoms with E-state index in [1.807, 2.05) is 86.7 Å². The highest BCUT2D eigenvalue weighted by atomic mass is 16.5. The van der Waals surface area contributed by atoms with Gasteiger partial charge < -0.3 is 19.3 Å². The van der Waals surface area contributed by atoms with Crippen LogP contribution in [-0.2, 0) is 9.47 Å². The number of anilines is 3. The molecule has 0 aliphatic carbocycles. The van der Waals surface area contributed by atoms with Gasteiger partial charge in [-0.1, -0.05) is 37.4 Å². The zero-order valence-corrected chi connectivity index (χ0v) is 22.5. The van der Waals surface area contributed by atoms with Gasteiger partial charge in [0.2, 0.25) is 0 Å². The Morgan fingerprint density at radius 2 is 1.26 bits per heavy atom. The van der Waals surface area contributed by atoms with Gasteiger partial charge in [-0.3, -0.25) is 4.79 Å². The normalized spacial score (nSPS) is 11.2. The second-order valence-electron chi connectivity index (χ2n) is 8.49. The van der Waals surface area contributed by atoms with Crippen molar-refractivity contribution in [3.63, 3.8) is 0 Å². The number of hydrogen-bond acceptors (Lipinski definition) is 5. The maximum absolute atomic E-state index is 13.3. The molecule has 0 fully saturated rings. The molecule has 0 bridgehead atoms. The number of carbonyl (C=O) groups is 1. The molecular weight excluding hydrogens is 472 g/mol. The van der Waals surface area contributed by atoms with E-state index < -0.39 is 0 Å². The quantitative estimate of drug-likeness (QED) is 0.116. The maximum atomic E-state index is 13.3. The largest absolute Gasteiger partial charge is 0.380 e. The summed E-state index contributed by atoms with van der Waals surface area (Å²) in [5.74, 6) is -0.0184. The van der Waals surface area contributed by atoms with Crippen molar-refractivity contribution in [2.75, 3.05) is 49.3 Å². The van der Waals surface area contributed by atoms with Crippen molar-refractivity contribution in [1.29, 1.82) is 0 Å². The fourth-order valence-corrected chi connectivity index (χ4v) is 4.16. The highest BCUT2D eigenvalue weighted by Crippen LogP contribution is 2.27. The van der Waals surface area contributed by atoms with E-state index in [1.165, 1.54) is 0 Å². The Bertz CT molecular complexity index is 1190. The van der Waals surface area contributed by atoms with Gasteiger partial charge in [0, 0.05) is 60.2 Å². The molecule has 5 heteroatoms. The summed E-state index contributed by atoms with van der Waals surface area (Å²) in [6, 6.07) is 25.6. The fraction of sp³-hybridized carbons (Fsp3) is 0.242. The summed E-state index contributed by atoms with van der Waals surface area (Å²) >= 11 is 0. The van der Waals surface area contributed by atoms with Gasteiger partial charge in [-0.25, -0.2) is 0 Å². The smallest absolute Gasteiger partial charge is 0.193 e. The Morgan fingerprint density at radius 3 is 1.79 bits per heavy atom. The van der Waals surface area contributed by atoms with Gasteiger partial charge in [-0.15, -0.1) is 0 Å². The van der Waals surface area contributed by atoms with Crippen molar-refractivity contribution in [1.82, 2.24) is 0 Å². The Morgan fingerprint density at radius 1 is 0.737 bits per heavy atom. The van der Waals surface area contributed by atoms with Crippen LogP contribution in [0.3, 0.4) is 0 Å². The molecule has 0 amide bonds. The lowest BCUT2D eigenvalue weighted by Gasteiger charge is -2.26. The van der Waals surface area contributed by atoms with E-state index >= 15 is 0 Å². The minimum absolute atomic E-state index is 0.0184. The Kier molecular flexibility index (Phi) is 11.6. The second-order valence-corrected chi connectivity index (χ2v) is 8.49. The van der Waals surface area contributed by atoms with Crippen molar-refractivity contribution in [3.8, 4) is 0 Å². The van der Waals surface area contributed by atoms with Crippen LogP contribution >= 0.6 is 0 Å². The van der Waals surface area contributed by atoms with Crippen molar-refractivity contribution in [2.24, 2.45) is 0 Å². The summed E-state index contributed by atoms with van der Waals surface area (Å²) in [6.07, 6.45) is 5.44. The predicted octanol–water partition coefficient (Wildman–Crippen LogP) is 7.19. The number of ketones is 1. The number of benzene rings is 3. The Labute approximate surface area is 227 Å². The molecule has 3 rings (SSSR count). The monoisotopic (exact) mass is 510 g/mol. The molecule has 0 N–H and O–H groups in total. The zero-order chi connectivity index (χ0) is 27.2. The minimum atomic E-state index is -0.0184. The minimum Gasteiger partial charge on any atom is -0.380 e. The highest BCUT2D eigenvalue weighted by Gasteiger charge is 2.14. The van der Waals surface area contributed by atoms with E-state index in [9.17, 15) is 4.79 Å². The summed E-state index contributed by atoms with van der Waals surface area (Å²) in [4.78, 5) is 17.6. The Balaban J connectivity index is 1.79. The third-order valence-electron chi connectivity index (χ3n) is 6.09. The average Bonchev–Trinajstić information content (AvgIpc) is 2.97. The van der Waals surface area contributed by atoms with Crippen LogP contribution in [0.1, 0.15) is 29.8 Å². The third kappa shape index (κ3) is 7.78. The maximum Gasteiger partial charge on any atom is 0.193 e. The number of hydrogen-bond donors (Lipinski definition) is 0. The van der Waals surface area contributed by atoms with Gasteiger partial charge in [-0.2, -0.15) is 0 Å². The zero-order valence-electron chi connectivity index (χ0n) is 22.5. The highest BCUT2D eigenvalue weighted by molar-refractivity contribution is 6.09. The van der Waals surface area contributed by atoms with Gasteiger partial charge >= 0.3 is 0 Å². The molecule has 3 aromatic rings. The lowest BCUT2D eigenvalue weighted by atomic mass is 10.0. The fourth-order valence-electron chi connectivity index (χ4n) is 4.16. The second kappa shape index (κ2) is 15.4. The van der Waals surface area contributed by atoms with Crippen molar-refractivity contribution >= 4 is 22.8 Å². The predicted molar refractivity (Wildman–Crippen MR) is 159 cm³/mol. The van der Waals surface area contributed by atoms with Crippen molar-refractivity contribution in [3.05, 3.63) is 127 Å². The molecule has 0 aliphatic rings. The number of rotatable bonds is 16. The molecule has 0 saturated carbocycles. The molecule has 0 atom stereocenters. The molecule has 38 heavy (non-hydrogen) atoms. The van der Waals surface area contributed by atoms with Gasteiger partial charge in [-0.05, 0) is 86.7 Å². The van der Waals surface area contributed by atoms with Crippen LogP contribution in [0, 0.1) is 0 Å². The van der Waals surface area contributed by atoms with Gasteiger partial charge in [0.15, 0.2) is 5.78 Å². The van der Waals surface area contributed by atoms with Crippen LogP contribution in [-0.4, -0.2) is 45.3 Å². The summed E-state index contributed by atoms with van der Waals surface area (Å²) in [6.45, 7) is 15.6. The van der Waals surface area contributed by atoms with E-state index in [1.54, 1.807) is 12.2 Å². The molecule has 198 valence electrons. The molecule has 0 aliphatic heterocycles. The number of carbonyl (C=O) groups excluding carboxylic acids is 1. The van der Waals surface area contributed by atoms with Gasteiger partial charge in [0.05, 0.1) is 13.2 Å². The van der Waals surface area contributed by atoms with E-state index in [0.29, 0.717) is 44.1 Å². The summed E-state index contributed by atoms with van der Waals surface area (Å²) in [7, 11) is 0. The first-order chi connectivity index (χ1) is 18.6. The van der Waals surface area contributed by atoms with Gasteiger partial charge in [0.25, 0.3) is 0 Å². The van der Waals surface area contributed by atoms with Gasteiger partial charge in [0.1, 0.15) is 0 Å². The summed E-state index contributed by atoms with van der Waals surface area (Å²) in [5, 5.41) is 0. The number of allylic oxidation sites excluding steroid dienone is 3. The third-order valence-corrected chi connectivity index (χ3v) is 6.09. The molecule has 0 saturated heterocycles. The van der Waals surface area contributed by atoms with Crippen molar-refractivity contribution < 1.29 is 14.3 Å². The molecule has 0 unspecified atom stereocenters. The summed E-state index contributed by atoms with van der Waals surface area (Å²) < 4.78 is 11.2. The van der Waals surface area contributed by atoms with Crippen LogP contribution in [0.5, 0.6) is 0 Å². The summed E-state index contributed by atoms with van der Waals surface area (Å²) in [5.41, 5.74) is 5.25. The van der Waals surface area contributed by atoms with Crippen LogP contribution < -0.4 is 9.80 Å². The molecule has 3 aromatic carbocycles. The molecular formula is C33H38N2O3. The lowest BCUT2D eigenvalue weighted by molar-refractivity contribution is 0.103. The first-order valence-corrected chi connectivity index (χ1v) is 13.1. The van der Waals surface area contributed by atoms with E-state index in [2.05, 4.69) is 35.1 Å². The van der Waals surface area contributed by atoms with Crippen LogP contribution in [0.25, 0.3) is 0 Å². The Hall–Kier alpha value is -3.93. The first-order valence-electron chi connectivity index (χ1n) is 13.1. The van der Waals surface area contributed by atoms with Crippen LogP contribution in [0.15, 0.2) is 116 Å². The topological polar surface area (TPSA) is 42.0 Å². The first kappa shape index (κ1) is 28.6. The molecule has 0 radical (unpaired) electrons. The van der Waals surface area contributed by atoms with E-state index in [-0.39, 0.29) is 5.78 Å². The molecule has 0 spiro atoms. The SMILES string of the molecule is C=C/C=C(\C=C)N(CCOCC)c1ccc(C(=O)c2ccc(N(CCOCC)c3ccccc3)cc2)cc1. The van der Waals surface area contributed by atoms with E-state index in [0.717, 1.165) is 29.3 Å². The van der Waals surface area contributed by atoms with E-state index in [4.69, 9.17) is 9.47 Å². The van der Waals surface area contributed by atoms with Crippen molar-refractivity contribution in [2.45, 2.75) is 13.8 Å².